The van der Waals surface area contributed by atoms with Gasteiger partial charge in [0.05, 0.1) is 30.0 Å². The summed E-state index contributed by atoms with van der Waals surface area (Å²) in [6, 6.07) is 2.19. The number of aliphatic hydroxyl groups is 1. The van der Waals surface area contributed by atoms with Crippen LogP contribution in [0.2, 0.25) is 0 Å². The maximum atomic E-state index is 13.5. The molecule has 0 bridgehead atoms. The second-order valence-electron chi connectivity index (χ2n) is 9.64. The van der Waals surface area contributed by atoms with Gasteiger partial charge >= 0.3 is 6.09 Å². The quantitative estimate of drug-likeness (QED) is 0.722. The molecule has 1 saturated carbocycles. The molecule has 2 saturated heterocycles. The average Bonchev–Trinajstić information content (AvgIpc) is 3.08. The Morgan fingerprint density at radius 1 is 1.28 bits per heavy atom. The van der Waals surface area contributed by atoms with Crippen LogP contribution in [0, 0.1) is 12.3 Å². The van der Waals surface area contributed by atoms with Gasteiger partial charge in [0.1, 0.15) is 5.82 Å². The number of hydrogen-bond acceptors (Lipinski definition) is 6. The highest BCUT2D eigenvalue weighted by Crippen LogP contribution is 2.43. The first-order valence-electron chi connectivity index (χ1n) is 12.1. The lowest BCUT2D eigenvalue weighted by Crippen LogP contribution is -2.50. The van der Waals surface area contributed by atoms with Crippen molar-refractivity contribution < 1.29 is 19.4 Å². The molecule has 0 unspecified atom stereocenters. The monoisotopic (exact) mass is 444 g/mol. The highest BCUT2D eigenvalue weighted by molar-refractivity contribution is 5.86. The second kappa shape index (κ2) is 9.65. The van der Waals surface area contributed by atoms with E-state index in [1.165, 1.54) is 0 Å². The molecular weight excluding hydrogens is 408 g/mol. The van der Waals surface area contributed by atoms with Crippen LogP contribution in [-0.4, -0.2) is 65.4 Å². The summed E-state index contributed by atoms with van der Waals surface area (Å²) in [4.78, 5) is 34.3. The smallest absolute Gasteiger partial charge is 0.411 e. The van der Waals surface area contributed by atoms with Crippen molar-refractivity contribution >= 4 is 23.5 Å². The molecule has 0 aromatic carbocycles. The summed E-state index contributed by atoms with van der Waals surface area (Å²) >= 11 is 0. The molecule has 4 rings (SSSR count). The molecule has 3 fully saturated rings. The Balaban J connectivity index is 1.42. The molecule has 1 aliphatic carbocycles. The zero-order valence-corrected chi connectivity index (χ0v) is 19.3. The maximum Gasteiger partial charge on any atom is 0.411 e. The molecule has 0 radical (unpaired) electrons. The van der Waals surface area contributed by atoms with Gasteiger partial charge in [-0.25, -0.2) is 9.78 Å². The second-order valence-corrected chi connectivity index (χ2v) is 9.64. The van der Waals surface area contributed by atoms with Crippen LogP contribution in [0.15, 0.2) is 12.3 Å². The van der Waals surface area contributed by atoms with Gasteiger partial charge in [0.15, 0.2) is 0 Å². The van der Waals surface area contributed by atoms with E-state index in [4.69, 9.17) is 4.74 Å². The normalized spacial score (nSPS) is 28.3. The van der Waals surface area contributed by atoms with Crippen LogP contribution in [-0.2, 0) is 9.53 Å². The number of aliphatic hydroxyl groups excluding tert-OH is 1. The molecule has 8 nitrogen and oxygen atoms in total. The summed E-state index contributed by atoms with van der Waals surface area (Å²) in [5.74, 6) is 1.17. The minimum absolute atomic E-state index is 0.205. The van der Waals surface area contributed by atoms with Crippen LogP contribution < -0.4 is 10.2 Å². The third-order valence-corrected chi connectivity index (χ3v) is 7.26. The van der Waals surface area contributed by atoms with Crippen molar-refractivity contribution in [2.24, 2.45) is 5.41 Å². The standard InChI is InChI=1S/C24H36N4O4/c1-3-13-32-23(31)26-18-14-17(2)21(25-15-18)27-11-4-9-24(16-27)10-12-28(22(24)30)19-5-7-20(29)8-6-19/h14-15,19-20,29H,3-13,16H2,1-2H3,(H,26,31)/t19-,20+,24-/m1/s1. The largest absolute Gasteiger partial charge is 0.449 e. The van der Waals surface area contributed by atoms with Crippen molar-refractivity contribution in [2.75, 3.05) is 36.5 Å². The number of likely N-dealkylation sites (tertiary alicyclic amines) is 1. The SMILES string of the molecule is CCCOC(=O)Nc1cnc(N2CCC[C@@]3(CCN([C@H]4CC[C@@H](O)CC4)C3=O)C2)c(C)c1. The lowest BCUT2D eigenvalue weighted by atomic mass is 9.78. The van der Waals surface area contributed by atoms with E-state index in [0.29, 0.717) is 18.8 Å². The average molecular weight is 445 g/mol. The van der Waals surface area contributed by atoms with Crippen molar-refractivity contribution in [1.29, 1.82) is 0 Å². The van der Waals surface area contributed by atoms with Crippen molar-refractivity contribution in [3.63, 3.8) is 0 Å². The minimum atomic E-state index is -0.468. The number of ether oxygens (including phenoxy) is 1. The number of piperidine rings is 1. The van der Waals surface area contributed by atoms with Crippen LogP contribution in [0.3, 0.4) is 0 Å². The van der Waals surface area contributed by atoms with E-state index >= 15 is 0 Å². The predicted octanol–water partition coefficient (Wildman–Crippen LogP) is 3.47. The van der Waals surface area contributed by atoms with Gasteiger partial charge in [0, 0.05) is 25.7 Å². The number of aromatic nitrogens is 1. The molecule has 32 heavy (non-hydrogen) atoms. The number of nitrogens with one attached hydrogen (secondary N) is 1. The summed E-state index contributed by atoms with van der Waals surface area (Å²) in [5.41, 5.74) is 1.25. The highest BCUT2D eigenvalue weighted by Gasteiger charge is 2.50. The fourth-order valence-corrected chi connectivity index (χ4v) is 5.57. The topological polar surface area (TPSA) is 95.0 Å². The number of pyridine rings is 1. The first kappa shape index (κ1) is 22.8. The summed E-state index contributed by atoms with van der Waals surface area (Å²) in [6.07, 6.45) is 7.95. The number of carbonyl (C=O) groups excluding carboxylic acids is 2. The van der Waals surface area contributed by atoms with Crippen LogP contribution in [0.5, 0.6) is 0 Å². The predicted molar refractivity (Wildman–Crippen MR) is 123 cm³/mol. The summed E-state index contributed by atoms with van der Waals surface area (Å²) < 4.78 is 5.08. The van der Waals surface area contributed by atoms with Gasteiger partial charge in [-0.3, -0.25) is 10.1 Å². The summed E-state index contributed by atoms with van der Waals surface area (Å²) in [7, 11) is 0. The van der Waals surface area contributed by atoms with Gasteiger partial charge in [-0.1, -0.05) is 6.92 Å². The summed E-state index contributed by atoms with van der Waals surface area (Å²) in [5, 5.41) is 12.6. The van der Waals surface area contributed by atoms with Crippen molar-refractivity contribution in [1.82, 2.24) is 9.88 Å². The molecule has 8 heteroatoms. The zero-order chi connectivity index (χ0) is 22.7. The molecule has 1 spiro atoms. The van der Waals surface area contributed by atoms with E-state index in [9.17, 15) is 14.7 Å². The number of aryl methyl sites for hydroxylation is 1. The van der Waals surface area contributed by atoms with Gasteiger partial charge < -0.3 is 19.6 Å². The molecular formula is C24H36N4O4. The van der Waals surface area contributed by atoms with E-state index in [1.54, 1.807) is 6.20 Å². The van der Waals surface area contributed by atoms with Crippen molar-refractivity contribution in [3.05, 3.63) is 17.8 Å². The zero-order valence-electron chi connectivity index (χ0n) is 19.3. The van der Waals surface area contributed by atoms with Crippen LogP contribution >= 0.6 is 0 Å². The molecule has 2 amide bonds. The Morgan fingerprint density at radius 3 is 2.78 bits per heavy atom. The highest BCUT2D eigenvalue weighted by atomic mass is 16.5. The molecule has 176 valence electrons. The fraction of sp³-hybridized carbons (Fsp3) is 0.708. The van der Waals surface area contributed by atoms with Crippen LogP contribution in [0.4, 0.5) is 16.3 Å². The number of amides is 2. The van der Waals surface area contributed by atoms with Gasteiger partial charge in [-0.05, 0) is 69.9 Å². The van der Waals surface area contributed by atoms with E-state index < -0.39 is 6.09 Å². The Hall–Kier alpha value is -2.35. The number of hydrogen-bond donors (Lipinski definition) is 2. The lowest BCUT2D eigenvalue weighted by Gasteiger charge is -2.41. The maximum absolute atomic E-state index is 13.5. The first-order chi connectivity index (χ1) is 15.4. The Kier molecular flexibility index (Phi) is 6.88. The van der Waals surface area contributed by atoms with E-state index in [0.717, 1.165) is 75.8 Å². The first-order valence-corrected chi connectivity index (χ1v) is 12.1. The van der Waals surface area contributed by atoms with E-state index in [2.05, 4.69) is 20.1 Å². The van der Waals surface area contributed by atoms with E-state index in [1.807, 2.05) is 19.9 Å². The van der Waals surface area contributed by atoms with Gasteiger partial charge in [0.25, 0.3) is 0 Å². The van der Waals surface area contributed by atoms with Crippen molar-refractivity contribution in [2.45, 2.75) is 77.4 Å². The molecule has 3 heterocycles. The molecule has 2 N–H and O–H groups in total. The molecule has 2 aliphatic heterocycles. The van der Waals surface area contributed by atoms with Gasteiger partial charge in [0.2, 0.25) is 5.91 Å². The van der Waals surface area contributed by atoms with Crippen LogP contribution in [0.25, 0.3) is 0 Å². The number of anilines is 2. The Labute approximate surface area is 190 Å². The lowest BCUT2D eigenvalue weighted by molar-refractivity contribution is -0.139. The van der Waals surface area contributed by atoms with Crippen molar-refractivity contribution in [3.8, 4) is 0 Å². The third-order valence-electron chi connectivity index (χ3n) is 7.26. The Bertz CT molecular complexity index is 839. The summed E-state index contributed by atoms with van der Waals surface area (Å²) in [6.45, 7) is 6.72. The Morgan fingerprint density at radius 2 is 2.06 bits per heavy atom. The minimum Gasteiger partial charge on any atom is -0.449 e. The van der Waals surface area contributed by atoms with Gasteiger partial charge in [-0.2, -0.15) is 0 Å². The number of rotatable bonds is 5. The molecule has 1 atom stereocenters. The number of carbonyl (C=O) groups is 2. The molecule has 3 aliphatic rings. The molecule has 1 aromatic rings. The number of nitrogens with zero attached hydrogens (tertiary/aromatic N) is 3. The third kappa shape index (κ3) is 4.70. The van der Waals surface area contributed by atoms with E-state index in [-0.39, 0.29) is 23.5 Å². The fourth-order valence-electron chi connectivity index (χ4n) is 5.57. The van der Waals surface area contributed by atoms with Gasteiger partial charge in [-0.15, -0.1) is 0 Å². The van der Waals surface area contributed by atoms with Crippen LogP contribution in [0.1, 0.15) is 63.9 Å². The molecule has 1 aromatic heterocycles.